The molecule has 0 aliphatic heterocycles. The molecule has 0 amide bonds. The lowest BCUT2D eigenvalue weighted by Gasteiger charge is -2.11. The summed E-state index contributed by atoms with van der Waals surface area (Å²) in [4.78, 5) is 20.8. The van der Waals surface area contributed by atoms with E-state index in [9.17, 15) is 19.3 Å². The van der Waals surface area contributed by atoms with Gasteiger partial charge in [-0.25, -0.2) is 4.39 Å². The first-order valence-electron chi connectivity index (χ1n) is 4.53. The van der Waals surface area contributed by atoms with Crippen molar-refractivity contribution in [1.29, 1.82) is 0 Å². The number of nitro benzene ring substituents is 1. The predicted octanol–water partition coefficient (Wildman–Crippen LogP) is 2.09. The largest absolute Gasteiger partial charge is 0.474 e. The van der Waals surface area contributed by atoms with Crippen LogP contribution in [0.2, 0.25) is 0 Å². The van der Waals surface area contributed by atoms with Crippen LogP contribution < -0.4 is 4.74 Å². The van der Waals surface area contributed by atoms with Crippen molar-refractivity contribution in [3.63, 3.8) is 0 Å². The number of para-hydroxylation sites is 1. The highest BCUT2D eigenvalue weighted by Crippen LogP contribution is 2.30. The molecule has 0 aliphatic rings. The van der Waals surface area contributed by atoms with Crippen LogP contribution in [0.5, 0.6) is 5.75 Å². The fourth-order valence-electron chi connectivity index (χ4n) is 1.02. The Morgan fingerprint density at radius 3 is 2.69 bits per heavy atom. The molecule has 0 aliphatic carbocycles. The van der Waals surface area contributed by atoms with Crippen LogP contribution in [0.4, 0.5) is 10.1 Å². The Morgan fingerprint density at radius 1 is 1.56 bits per heavy atom. The van der Waals surface area contributed by atoms with Crippen molar-refractivity contribution in [2.24, 2.45) is 0 Å². The van der Waals surface area contributed by atoms with Gasteiger partial charge in [0.1, 0.15) is 0 Å². The van der Waals surface area contributed by atoms with E-state index in [1.165, 1.54) is 19.9 Å². The van der Waals surface area contributed by atoms with Gasteiger partial charge in [0.15, 0.2) is 17.7 Å². The number of carbonyl (C=O) groups excluding carboxylic acids is 1. The zero-order chi connectivity index (χ0) is 12.3. The number of benzene rings is 1. The summed E-state index contributed by atoms with van der Waals surface area (Å²) in [7, 11) is 0. The Kier molecular flexibility index (Phi) is 3.55. The summed E-state index contributed by atoms with van der Waals surface area (Å²) in [5.74, 6) is -1.70. The number of hydrogen-bond acceptors (Lipinski definition) is 4. The zero-order valence-electron chi connectivity index (χ0n) is 8.77. The highest BCUT2D eigenvalue weighted by molar-refractivity contribution is 5.80. The number of ketones is 1. The third kappa shape index (κ3) is 2.53. The van der Waals surface area contributed by atoms with Crippen molar-refractivity contribution in [3.05, 3.63) is 34.1 Å². The molecule has 0 radical (unpaired) electrons. The van der Waals surface area contributed by atoms with Gasteiger partial charge in [-0.05, 0) is 19.9 Å². The van der Waals surface area contributed by atoms with Crippen LogP contribution in [0.1, 0.15) is 13.8 Å². The molecule has 6 heteroatoms. The Bertz CT molecular complexity index is 433. The predicted molar refractivity (Wildman–Crippen MR) is 53.8 cm³/mol. The van der Waals surface area contributed by atoms with E-state index in [2.05, 4.69) is 0 Å². The second kappa shape index (κ2) is 4.69. The molecule has 0 fully saturated rings. The van der Waals surface area contributed by atoms with Crippen LogP contribution in [-0.4, -0.2) is 16.8 Å². The van der Waals surface area contributed by atoms with Crippen molar-refractivity contribution < 1.29 is 18.8 Å². The standard InChI is InChI=1S/C10H10FNO4/c1-6(13)7(2)16-10-8(11)4-3-5-9(10)12(14)15/h3-5,7H,1-2H3. The average molecular weight is 227 g/mol. The molecule has 5 nitrogen and oxygen atoms in total. The van der Waals surface area contributed by atoms with E-state index in [4.69, 9.17) is 4.74 Å². The van der Waals surface area contributed by atoms with E-state index < -0.39 is 28.3 Å². The second-order valence-electron chi connectivity index (χ2n) is 3.22. The first-order valence-corrected chi connectivity index (χ1v) is 4.53. The number of nitrogens with zero attached hydrogens (tertiary/aromatic N) is 1. The molecule has 16 heavy (non-hydrogen) atoms. The number of ether oxygens (including phenoxy) is 1. The summed E-state index contributed by atoms with van der Waals surface area (Å²) < 4.78 is 18.2. The molecule has 0 heterocycles. The van der Waals surface area contributed by atoms with Gasteiger partial charge in [0.05, 0.1) is 4.92 Å². The SMILES string of the molecule is CC(=O)C(C)Oc1c(F)cccc1[N+](=O)[O-]. The van der Waals surface area contributed by atoms with Crippen LogP contribution in [0.15, 0.2) is 18.2 Å². The monoisotopic (exact) mass is 227 g/mol. The summed E-state index contributed by atoms with van der Waals surface area (Å²) in [6.07, 6.45) is -0.921. The summed E-state index contributed by atoms with van der Waals surface area (Å²) in [5.41, 5.74) is -0.492. The van der Waals surface area contributed by atoms with E-state index in [0.717, 1.165) is 12.1 Å². The van der Waals surface area contributed by atoms with Crippen molar-refractivity contribution >= 4 is 11.5 Å². The molecule has 86 valence electrons. The molecule has 0 saturated heterocycles. The quantitative estimate of drug-likeness (QED) is 0.583. The number of hydrogen-bond donors (Lipinski definition) is 0. The highest BCUT2D eigenvalue weighted by Gasteiger charge is 2.22. The molecule has 0 spiro atoms. The minimum absolute atomic E-state index is 0.336. The van der Waals surface area contributed by atoms with Gasteiger partial charge in [0.25, 0.3) is 0 Å². The van der Waals surface area contributed by atoms with Gasteiger partial charge in [0, 0.05) is 6.07 Å². The lowest BCUT2D eigenvalue weighted by Crippen LogP contribution is -2.21. The molecule has 1 unspecified atom stereocenters. The van der Waals surface area contributed by atoms with Crippen molar-refractivity contribution in [3.8, 4) is 5.75 Å². The van der Waals surface area contributed by atoms with E-state index >= 15 is 0 Å². The van der Waals surface area contributed by atoms with Gasteiger partial charge in [-0.15, -0.1) is 0 Å². The van der Waals surface area contributed by atoms with Gasteiger partial charge < -0.3 is 4.74 Å². The Labute approximate surface area is 91.0 Å². The lowest BCUT2D eigenvalue weighted by atomic mass is 10.2. The molecule has 0 aromatic heterocycles. The third-order valence-electron chi connectivity index (χ3n) is 2.01. The van der Waals surface area contributed by atoms with Gasteiger partial charge in [0.2, 0.25) is 5.75 Å². The molecular formula is C10H10FNO4. The van der Waals surface area contributed by atoms with Crippen molar-refractivity contribution in [2.45, 2.75) is 20.0 Å². The van der Waals surface area contributed by atoms with E-state index in [1.807, 2.05) is 0 Å². The zero-order valence-corrected chi connectivity index (χ0v) is 8.77. The van der Waals surface area contributed by atoms with E-state index in [1.54, 1.807) is 0 Å². The molecule has 0 saturated carbocycles. The van der Waals surface area contributed by atoms with E-state index in [-0.39, 0.29) is 5.78 Å². The first kappa shape index (κ1) is 12.1. The van der Waals surface area contributed by atoms with Crippen LogP contribution in [-0.2, 0) is 4.79 Å². The number of halogens is 1. The Hall–Kier alpha value is -1.98. The maximum atomic E-state index is 13.3. The first-order chi connectivity index (χ1) is 7.43. The number of Topliss-reactive ketones (excluding diaryl/α,β-unsaturated/α-hetero) is 1. The van der Waals surface area contributed by atoms with Crippen LogP contribution in [0, 0.1) is 15.9 Å². The number of nitro groups is 1. The molecule has 0 N–H and O–H groups in total. The van der Waals surface area contributed by atoms with Gasteiger partial charge >= 0.3 is 5.69 Å². The van der Waals surface area contributed by atoms with Crippen LogP contribution >= 0.6 is 0 Å². The smallest absolute Gasteiger partial charge is 0.314 e. The summed E-state index contributed by atoms with van der Waals surface area (Å²) in [5, 5.41) is 10.6. The Balaban J connectivity index is 3.11. The second-order valence-corrected chi connectivity index (χ2v) is 3.22. The van der Waals surface area contributed by atoms with Gasteiger partial charge in [-0.2, -0.15) is 0 Å². The molecule has 1 rings (SSSR count). The normalized spacial score (nSPS) is 11.9. The molecule has 0 bridgehead atoms. The lowest BCUT2D eigenvalue weighted by molar-refractivity contribution is -0.386. The summed E-state index contributed by atoms with van der Waals surface area (Å²) in [6.45, 7) is 2.66. The van der Waals surface area contributed by atoms with Crippen LogP contribution in [0.3, 0.4) is 0 Å². The highest BCUT2D eigenvalue weighted by atomic mass is 19.1. The minimum atomic E-state index is -0.921. The maximum absolute atomic E-state index is 13.3. The van der Waals surface area contributed by atoms with Crippen molar-refractivity contribution in [2.75, 3.05) is 0 Å². The number of carbonyl (C=O) groups is 1. The molecule has 1 aromatic carbocycles. The third-order valence-corrected chi connectivity index (χ3v) is 2.01. The maximum Gasteiger partial charge on any atom is 0.314 e. The van der Waals surface area contributed by atoms with Crippen LogP contribution in [0.25, 0.3) is 0 Å². The molecule has 1 aromatic rings. The Morgan fingerprint density at radius 2 is 2.19 bits per heavy atom. The average Bonchev–Trinajstić information content (AvgIpc) is 2.20. The topological polar surface area (TPSA) is 69.4 Å². The fraction of sp³-hybridized carbons (Fsp3) is 0.300. The molecular weight excluding hydrogens is 217 g/mol. The number of rotatable bonds is 4. The molecule has 1 atom stereocenters. The van der Waals surface area contributed by atoms with Gasteiger partial charge in [-0.3, -0.25) is 14.9 Å². The van der Waals surface area contributed by atoms with Gasteiger partial charge in [-0.1, -0.05) is 6.07 Å². The summed E-state index contributed by atoms with van der Waals surface area (Å²) >= 11 is 0. The summed E-state index contributed by atoms with van der Waals surface area (Å²) in [6, 6.07) is 3.36. The van der Waals surface area contributed by atoms with E-state index in [0.29, 0.717) is 0 Å². The van der Waals surface area contributed by atoms with Crippen molar-refractivity contribution in [1.82, 2.24) is 0 Å². The fourth-order valence-corrected chi connectivity index (χ4v) is 1.02. The minimum Gasteiger partial charge on any atom is -0.474 e.